The highest BCUT2D eigenvalue weighted by Crippen LogP contribution is 2.28. The van der Waals surface area contributed by atoms with Gasteiger partial charge >= 0.3 is 5.97 Å². The number of hydrogen-bond donors (Lipinski definition) is 0. The molecule has 0 N–H and O–H groups in total. The number of carbonyl (C=O) groups excluding carboxylic acids is 2. The van der Waals surface area contributed by atoms with E-state index in [0.717, 1.165) is 21.5 Å². The molecule has 3 nitrogen and oxygen atoms in total. The average Bonchev–Trinajstić information content (AvgIpc) is 2.50. The van der Waals surface area contributed by atoms with Crippen molar-refractivity contribution in [3.05, 3.63) is 60.2 Å². The summed E-state index contributed by atoms with van der Waals surface area (Å²) in [4.78, 5) is 23.4. The van der Waals surface area contributed by atoms with E-state index in [2.05, 4.69) is 0 Å². The number of Topliss-reactive ketones (excluding diaryl/α,β-unsaturated/α-hetero) is 1. The highest BCUT2D eigenvalue weighted by molar-refractivity contribution is 6.16. The van der Waals surface area contributed by atoms with Crippen LogP contribution >= 0.6 is 0 Å². The molecule has 3 aromatic carbocycles. The van der Waals surface area contributed by atoms with Gasteiger partial charge in [0.2, 0.25) is 0 Å². The maximum atomic E-state index is 12.4. The molecule has 21 heavy (non-hydrogen) atoms. The lowest BCUT2D eigenvalue weighted by molar-refractivity contribution is -0.120. The zero-order chi connectivity index (χ0) is 14.8. The lowest BCUT2D eigenvalue weighted by Crippen LogP contribution is -2.12. The molecular formula is C18H14O3. The Bertz CT molecular complexity index is 795. The maximum absolute atomic E-state index is 12.4. The topological polar surface area (TPSA) is 43.4 Å². The van der Waals surface area contributed by atoms with Gasteiger partial charge in [0.25, 0.3) is 0 Å². The Morgan fingerprint density at radius 3 is 1.95 bits per heavy atom. The second-order valence-electron chi connectivity index (χ2n) is 4.97. The first-order valence-corrected chi connectivity index (χ1v) is 6.74. The predicted octanol–water partition coefficient (Wildman–Crippen LogP) is 3.74. The number of hydrogen-bond acceptors (Lipinski definition) is 3. The van der Waals surface area contributed by atoms with E-state index in [1.807, 2.05) is 54.6 Å². The van der Waals surface area contributed by atoms with Crippen molar-refractivity contribution in [2.45, 2.75) is 6.92 Å². The molecule has 0 aromatic heterocycles. The third-order valence-electron chi connectivity index (χ3n) is 3.38. The fraction of sp³-hybridized carbons (Fsp3) is 0.111. The number of rotatable bonds is 3. The Hall–Kier alpha value is -2.68. The molecule has 0 aliphatic heterocycles. The Morgan fingerprint density at radius 2 is 1.43 bits per heavy atom. The Balaban J connectivity index is 2.25. The summed E-state index contributed by atoms with van der Waals surface area (Å²) in [5, 5.41) is 3.63. The number of ether oxygens (including phenoxy) is 1. The zero-order valence-electron chi connectivity index (χ0n) is 11.6. The monoisotopic (exact) mass is 278 g/mol. The minimum absolute atomic E-state index is 0.173. The molecule has 0 saturated heterocycles. The first-order chi connectivity index (χ1) is 10.2. The van der Waals surface area contributed by atoms with Crippen LogP contribution in [0.4, 0.5) is 0 Å². The van der Waals surface area contributed by atoms with Crippen molar-refractivity contribution in [3.63, 3.8) is 0 Å². The highest BCUT2D eigenvalue weighted by atomic mass is 16.5. The van der Waals surface area contributed by atoms with Crippen LogP contribution in [-0.4, -0.2) is 18.4 Å². The molecule has 0 aliphatic carbocycles. The Morgan fingerprint density at radius 1 is 0.905 bits per heavy atom. The van der Waals surface area contributed by atoms with Crippen molar-refractivity contribution in [1.29, 1.82) is 0 Å². The Kier molecular flexibility index (Phi) is 3.40. The van der Waals surface area contributed by atoms with Gasteiger partial charge in [-0.1, -0.05) is 48.5 Å². The SMILES string of the molecule is CC(=O)COC(=O)c1c2ccccc2cc2ccccc12. The van der Waals surface area contributed by atoms with Crippen LogP contribution in [0.25, 0.3) is 21.5 Å². The van der Waals surface area contributed by atoms with Gasteiger partial charge in [0.15, 0.2) is 5.78 Å². The molecular weight excluding hydrogens is 264 g/mol. The normalized spacial score (nSPS) is 10.7. The highest BCUT2D eigenvalue weighted by Gasteiger charge is 2.16. The second-order valence-corrected chi connectivity index (χ2v) is 4.97. The molecule has 104 valence electrons. The van der Waals surface area contributed by atoms with Gasteiger partial charge in [0.05, 0.1) is 5.56 Å². The smallest absolute Gasteiger partial charge is 0.339 e. The summed E-state index contributed by atoms with van der Waals surface area (Å²) in [6, 6.07) is 17.4. The molecule has 3 rings (SSSR count). The van der Waals surface area contributed by atoms with E-state index in [0.29, 0.717) is 5.56 Å². The molecule has 3 aromatic rings. The quantitative estimate of drug-likeness (QED) is 0.541. The molecule has 0 heterocycles. The minimum atomic E-state index is -0.460. The van der Waals surface area contributed by atoms with Crippen molar-refractivity contribution in [1.82, 2.24) is 0 Å². The van der Waals surface area contributed by atoms with E-state index < -0.39 is 5.97 Å². The Labute approximate surface area is 122 Å². The van der Waals surface area contributed by atoms with Crippen LogP contribution in [0.15, 0.2) is 54.6 Å². The number of benzene rings is 3. The fourth-order valence-corrected chi connectivity index (χ4v) is 2.47. The van der Waals surface area contributed by atoms with E-state index in [1.165, 1.54) is 6.92 Å². The fourth-order valence-electron chi connectivity index (χ4n) is 2.47. The molecule has 0 saturated carbocycles. The summed E-state index contributed by atoms with van der Waals surface area (Å²) >= 11 is 0. The van der Waals surface area contributed by atoms with Gasteiger partial charge in [0.1, 0.15) is 6.61 Å². The first-order valence-electron chi connectivity index (χ1n) is 6.74. The zero-order valence-corrected chi connectivity index (χ0v) is 11.6. The summed E-state index contributed by atoms with van der Waals surface area (Å²) in [7, 11) is 0. The molecule has 0 atom stereocenters. The summed E-state index contributed by atoms with van der Waals surface area (Å²) in [6.45, 7) is 1.20. The van der Waals surface area contributed by atoms with Gasteiger partial charge in [0, 0.05) is 0 Å². The van der Waals surface area contributed by atoms with Crippen molar-refractivity contribution in [2.75, 3.05) is 6.61 Å². The summed E-state index contributed by atoms with van der Waals surface area (Å²) < 4.78 is 5.12. The van der Waals surface area contributed by atoms with Gasteiger partial charge in [-0.15, -0.1) is 0 Å². The van der Waals surface area contributed by atoms with Crippen molar-refractivity contribution < 1.29 is 14.3 Å². The molecule has 3 heteroatoms. The molecule has 0 spiro atoms. The van der Waals surface area contributed by atoms with E-state index in [-0.39, 0.29) is 12.4 Å². The minimum Gasteiger partial charge on any atom is -0.454 e. The summed E-state index contributed by atoms with van der Waals surface area (Å²) in [6.07, 6.45) is 0. The van der Waals surface area contributed by atoms with Crippen molar-refractivity contribution in [2.24, 2.45) is 0 Å². The van der Waals surface area contributed by atoms with E-state index in [9.17, 15) is 9.59 Å². The predicted molar refractivity (Wildman–Crippen MR) is 82.4 cm³/mol. The summed E-state index contributed by atoms with van der Waals surface area (Å²) in [5.74, 6) is -0.633. The average molecular weight is 278 g/mol. The maximum Gasteiger partial charge on any atom is 0.339 e. The van der Waals surface area contributed by atoms with Crippen molar-refractivity contribution >= 4 is 33.3 Å². The van der Waals surface area contributed by atoms with Gasteiger partial charge in [-0.3, -0.25) is 4.79 Å². The molecule has 0 aliphatic rings. The van der Waals surface area contributed by atoms with Gasteiger partial charge in [-0.25, -0.2) is 4.79 Å². The lowest BCUT2D eigenvalue weighted by Gasteiger charge is -2.10. The summed E-state index contributed by atoms with van der Waals surface area (Å²) in [5.41, 5.74) is 0.518. The largest absolute Gasteiger partial charge is 0.454 e. The van der Waals surface area contributed by atoms with Crippen LogP contribution < -0.4 is 0 Å². The van der Waals surface area contributed by atoms with Crippen LogP contribution in [0.3, 0.4) is 0 Å². The first kappa shape index (κ1) is 13.3. The number of esters is 1. The number of carbonyl (C=O) groups is 2. The standard InChI is InChI=1S/C18H14O3/c1-12(19)11-21-18(20)17-15-8-4-2-6-13(15)10-14-7-3-5-9-16(14)17/h2-10H,11H2,1H3. The number of ketones is 1. The third kappa shape index (κ3) is 2.50. The molecule has 0 fully saturated rings. The van der Waals surface area contributed by atoms with E-state index >= 15 is 0 Å². The third-order valence-corrected chi connectivity index (χ3v) is 3.38. The second kappa shape index (κ2) is 5.37. The van der Waals surface area contributed by atoms with Crippen LogP contribution in [0.1, 0.15) is 17.3 Å². The van der Waals surface area contributed by atoms with Gasteiger partial charge < -0.3 is 4.74 Å². The lowest BCUT2D eigenvalue weighted by atomic mass is 9.97. The molecule has 0 unspecified atom stereocenters. The molecule has 0 radical (unpaired) electrons. The van der Waals surface area contributed by atoms with E-state index in [1.54, 1.807) is 0 Å². The molecule has 0 amide bonds. The van der Waals surface area contributed by atoms with Crippen LogP contribution in [-0.2, 0) is 9.53 Å². The van der Waals surface area contributed by atoms with Gasteiger partial charge in [-0.2, -0.15) is 0 Å². The van der Waals surface area contributed by atoms with E-state index in [4.69, 9.17) is 4.74 Å². The van der Waals surface area contributed by atoms with Crippen LogP contribution in [0, 0.1) is 0 Å². The molecule has 0 bridgehead atoms. The van der Waals surface area contributed by atoms with Crippen molar-refractivity contribution in [3.8, 4) is 0 Å². The van der Waals surface area contributed by atoms with Gasteiger partial charge in [-0.05, 0) is 34.5 Å². The van der Waals surface area contributed by atoms with Crippen LogP contribution in [0.2, 0.25) is 0 Å². The van der Waals surface area contributed by atoms with Crippen LogP contribution in [0.5, 0.6) is 0 Å². The number of fused-ring (bicyclic) bond motifs is 2.